The molecule has 24 heavy (non-hydrogen) atoms. The van der Waals surface area contributed by atoms with Crippen molar-refractivity contribution in [2.45, 2.75) is 25.7 Å². The predicted molar refractivity (Wildman–Crippen MR) is 97.4 cm³/mol. The van der Waals surface area contributed by atoms with Crippen molar-refractivity contribution in [1.82, 2.24) is 20.2 Å². The molecule has 8 heteroatoms. The second-order valence-corrected chi connectivity index (χ2v) is 7.72. The maximum absolute atomic E-state index is 4.69. The van der Waals surface area contributed by atoms with Gasteiger partial charge in [-0.15, -0.1) is 10.2 Å². The molecule has 0 unspecified atom stereocenters. The Morgan fingerprint density at radius 1 is 1.04 bits per heavy atom. The van der Waals surface area contributed by atoms with E-state index in [2.05, 4.69) is 30.0 Å². The maximum atomic E-state index is 4.69. The lowest BCUT2D eigenvalue weighted by atomic mass is 10.3. The fraction of sp³-hybridized carbons (Fsp3) is 0.625. The molecule has 0 aromatic carbocycles. The van der Waals surface area contributed by atoms with E-state index < -0.39 is 0 Å². The highest BCUT2D eigenvalue weighted by atomic mass is 32.1. The number of rotatable bonds is 4. The molecule has 0 spiro atoms. The van der Waals surface area contributed by atoms with Gasteiger partial charge in [-0.3, -0.25) is 0 Å². The molecule has 2 aromatic rings. The zero-order valence-corrected chi connectivity index (χ0v) is 15.3. The van der Waals surface area contributed by atoms with Crippen LogP contribution >= 0.6 is 11.3 Å². The van der Waals surface area contributed by atoms with E-state index in [4.69, 9.17) is 0 Å². The lowest BCUT2D eigenvalue weighted by Gasteiger charge is -2.34. The van der Waals surface area contributed by atoms with Crippen LogP contribution in [0, 0.1) is 6.92 Å². The van der Waals surface area contributed by atoms with Crippen LogP contribution in [0.2, 0.25) is 0 Å². The first-order chi connectivity index (χ1) is 11.6. The molecule has 0 N–H and O–H groups in total. The minimum Gasteiger partial charge on any atom is -0.363 e. The predicted octanol–water partition coefficient (Wildman–Crippen LogP) is 1.91. The third-order valence-electron chi connectivity index (χ3n) is 4.48. The second kappa shape index (κ2) is 6.16. The van der Waals surface area contributed by atoms with E-state index in [1.54, 1.807) is 11.3 Å². The number of nitrogens with zero attached hydrogens (tertiary/aromatic N) is 7. The van der Waals surface area contributed by atoms with Crippen molar-refractivity contribution in [2.24, 2.45) is 0 Å². The van der Waals surface area contributed by atoms with Crippen molar-refractivity contribution in [2.75, 3.05) is 55.0 Å². The van der Waals surface area contributed by atoms with Gasteiger partial charge in [0.15, 0.2) is 0 Å². The molecule has 7 nitrogen and oxygen atoms in total. The van der Waals surface area contributed by atoms with Crippen LogP contribution in [0.4, 0.5) is 16.9 Å². The fourth-order valence-corrected chi connectivity index (χ4v) is 3.92. The van der Waals surface area contributed by atoms with E-state index >= 15 is 0 Å². The number of hydrogen-bond acceptors (Lipinski definition) is 8. The molecule has 0 radical (unpaired) electrons. The molecular weight excluding hydrogens is 322 g/mol. The Kier molecular flexibility index (Phi) is 3.99. The summed E-state index contributed by atoms with van der Waals surface area (Å²) in [6.07, 6.45) is 2.56. The number of aryl methyl sites for hydroxylation is 1. The van der Waals surface area contributed by atoms with Gasteiger partial charge >= 0.3 is 0 Å². The first kappa shape index (κ1) is 15.6. The molecule has 2 aliphatic rings. The lowest BCUT2D eigenvalue weighted by molar-refractivity contribution is 0.635. The zero-order chi connectivity index (χ0) is 16.7. The SMILES string of the molecule is Cc1cc(N(C)C)nc(N2CCN(c3nnc(C4CC4)s3)CC2)n1. The van der Waals surface area contributed by atoms with Gasteiger partial charge in [0, 0.05) is 58.0 Å². The third-order valence-corrected chi connectivity index (χ3v) is 5.62. The van der Waals surface area contributed by atoms with Crippen molar-refractivity contribution in [3.05, 3.63) is 16.8 Å². The van der Waals surface area contributed by atoms with E-state index in [0.29, 0.717) is 5.92 Å². The molecule has 1 aliphatic carbocycles. The molecule has 2 fully saturated rings. The van der Waals surface area contributed by atoms with Crippen LogP contribution in [0.1, 0.15) is 29.5 Å². The summed E-state index contributed by atoms with van der Waals surface area (Å²) < 4.78 is 0. The Hall–Kier alpha value is -1.96. The van der Waals surface area contributed by atoms with Crippen molar-refractivity contribution >= 4 is 28.2 Å². The maximum Gasteiger partial charge on any atom is 0.227 e. The summed E-state index contributed by atoms with van der Waals surface area (Å²) in [6.45, 7) is 5.72. The number of piperazine rings is 1. The molecule has 4 rings (SSSR count). The summed E-state index contributed by atoms with van der Waals surface area (Å²) in [5, 5.41) is 11.0. The third kappa shape index (κ3) is 3.15. The van der Waals surface area contributed by atoms with E-state index in [1.165, 1.54) is 17.8 Å². The van der Waals surface area contributed by atoms with Crippen LogP contribution in [-0.4, -0.2) is 60.4 Å². The first-order valence-electron chi connectivity index (χ1n) is 8.46. The summed E-state index contributed by atoms with van der Waals surface area (Å²) in [4.78, 5) is 15.9. The van der Waals surface area contributed by atoms with Gasteiger partial charge in [-0.05, 0) is 19.8 Å². The van der Waals surface area contributed by atoms with Gasteiger partial charge < -0.3 is 14.7 Å². The van der Waals surface area contributed by atoms with Crippen molar-refractivity contribution in [1.29, 1.82) is 0 Å². The summed E-state index contributed by atoms with van der Waals surface area (Å²) in [7, 11) is 4.02. The molecular formula is C16H23N7S. The minimum absolute atomic E-state index is 0.683. The molecule has 1 saturated carbocycles. The molecule has 1 aliphatic heterocycles. The van der Waals surface area contributed by atoms with Gasteiger partial charge in [-0.25, -0.2) is 4.98 Å². The quantitative estimate of drug-likeness (QED) is 0.839. The molecule has 2 aromatic heterocycles. The highest BCUT2D eigenvalue weighted by Crippen LogP contribution is 2.42. The normalized spacial score (nSPS) is 18.1. The summed E-state index contributed by atoms with van der Waals surface area (Å²) >= 11 is 1.76. The van der Waals surface area contributed by atoms with E-state index in [9.17, 15) is 0 Å². The van der Waals surface area contributed by atoms with Crippen LogP contribution < -0.4 is 14.7 Å². The van der Waals surface area contributed by atoms with Gasteiger partial charge in [0.25, 0.3) is 0 Å². The Morgan fingerprint density at radius 2 is 1.75 bits per heavy atom. The first-order valence-corrected chi connectivity index (χ1v) is 9.28. The highest BCUT2D eigenvalue weighted by molar-refractivity contribution is 7.15. The summed E-state index contributed by atoms with van der Waals surface area (Å²) in [6, 6.07) is 2.01. The molecule has 0 amide bonds. The Labute approximate surface area is 146 Å². The number of hydrogen-bond donors (Lipinski definition) is 0. The second-order valence-electron chi connectivity index (χ2n) is 6.73. The van der Waals surface area contributed by atoms with Crippen molar-refractivity contribution in [3.63, 3.8) is 0 Å². The number of aromatic nitrogens is 4. The van der Waals surface area contributed by atoms with Crippen LogP contribution in [0.5, 0.6) is 0 Å². The summed E-state index contributed by atoms with van der Waals surface area (Å²) in [5.41, 5.74) is 1.00. The Balaban J connectivity index is 1.43. The van der Waals surface area contributed by atoms with Crippen LogP contribution in [0.3, 0.4) is 0 Å². The van der Waals surface area contributed by atoms with E-state index in [1.807, 2.05) is 32.0 Å². The Morgan fingerprint density at radius 3 is 2.42 bits per heavy atom. The molecule has 0 atom stereocenters. The largest absolute Gasteiger partial charge is 0.363 e. The number of anilines is 3. The zero-order valence-electron chi connectivity index (χ0n) is 14.4. The van der Waals surface area contributed by atoms with E-state index in [0.717, 1.165) is 48.8 Å². The van der Waals surface area contributed by atoms with Gasteiger partial charge in [0.1, 0.15) is 10.8 Å². The summed E-state index contributed by atoms with van der Waals surface area (Å²) in [5.74, 6) is 2.47. The van der Waals surface area contributed by atoms with Gasteiger partial charge in [-0.1, -0.05) is 11.3 Å². The minimum atomic E-state index is 0.683. The standard InChI is InChI=1S/C16H23N7S/c1-11-10-13(21(2)3)18-15(17-11)22-6-8-23(9-7-22)16-20-19-14(24-16)12-4-5-12/h10,12H,4-9H2,1-3H3. The van der Waals surface area contributed by atoms with Crippen LogP contribution in [0.15, 0.2) is 6.07 Å². The van der Waals surface area contributed by atoms with E-state index in [-0.39, 0.29) is 0 Å². The van der Waals surface area contributed by atoms with Gasteiger partial charge in [0.05, 0.1) is 0 Å². The fourth-order valence-electron chi connectivity index (χ4n) is 2.85. The Bertz CT molecular complexity index is 717. The lowest BCUT2D eigenvalue weighted by Crippen LogP contribution is -2.47. The average molecular weight is 345 g/mol. The molecule has 128 valence electrons. The van der Waals surface area contributed by atoms with Crippen molar-refractivity contribution in [3.8, 4) is 0 Å². The monoisotopic (exact) mass is 345 g/mol. The molecule has 1 saturated heterocycles. The van der Waals surface area contributed by atoms with Gasteiger partial charge in [0.2, 0.25) is 11.1 Å². The molecule has 3 heterocycles. The average Bonchev–Trinajstić information content (AvgIpc) is 3.31. The topological polar surface area (TPSA) is 61.3 Å². The van der Waals surface area contributed by atoms with Crippen LogP contribution in [0.25, 0.3) is 0 Å². The van der Waals surface area contributed by atoms with Crippen LogP contribution in [-0.2, 0) is 0 Å². The van der Waals surface area contributed by atoms with Crippen molar-refractivity contribution < 1.29 is 0 Å². The van der Waals surface area contributed by atoms with Gasteiger partial charge in [-0.2, -0.15) is 4.98 Å². The smallest absolute Gasteiger partial charge is 0.227 e. The molecule has 0 bridgehead atoms. The highest BCUT2D eigenvalue weighted by Gasteiger charge is 2.29.